The maximum Gasteiger partial charge on any atom is 0.236 e. The van der Waals surface area contributed by atoms with Crippen molar-refractivity contribution >= 4 is 16.7 Å². The Kier molecular flexibility index (Phi) is 5.79. The molecule has 2 fully saturated rings. The first-order valence-corrected chi connectivity index (χ1v) is 11.5. The van der Waals surface area contributed by atoms with E-state index in [9.17, 15) is 4.79 Å². The molecule has 0 saturated carbocycles. The van der Waals surface area contributed by atoms with Crippen LogP contribution >= 0.6 is 0 Å². The van der Waals surface area contributed by atoms with Gasteiger partial charge in [-0.2, -0.15) is 0 Å². The number of piperazine rings is 1. The van der Waals surface area contributed by atoms with Crippen LogP contribution in [0.3, 0.4) is 0 Å². The van der Waals surface area contributed by atoms with Crippen molar-refractivity contribution in [3.8, 4) is 0 Å². The van der Waals surface area contributed by atoms with Gasteiger partial charge in [0, 0.05) is 51.7 Å². The highest BCUT2D eigenvalue weighted by atomic mass is 16.2. The molecule has 162 valence electrons. The predicted octanol–water partition coefficient (Wildman–Crippen LogP) is 3.66. The molecule has 31 heavy (non-hydrogen) atoms. The number of nitrogens with zero attached hydrogens (tertiary/aromatic N) is 4. The number of rotatable bonds is 5. The maximum absolute atomic E-state index is 13.1. The Bertz CT molecular complexity index is 1050. The number of hydrogen-bond donors (Lipinski definition) is 0. The molecule has 1 atom stereocenters. The fourth-order valence-corrected chi connectivity index (χ4v) is 5.27. The lowest BCUT2D eigenvalue weighted by atomic mass is 10.0. The van der Waals surface area contributed by atoms with E-state index in [2.05, 4.69) is 87.1 Å². The first-order chi connectivity index (χ1) is 15.2. The lowest BCUT2D eigenvalue weighted by Crippen LogP contribution is -2.50. The average Bonchev–Trinajstić information content (AvgIpc) is 3.42. The maximum atomic E-state index is 13.1. The van der Waals surface area contributed by atoms with E-state index in [4.69, 9.17) is 0 Å². The summed E-state index contributed by atoms with van der Waals surface area (Å²) in [5.74, 6) is 0.283. The van der Waals surface area contributed by atoms with Gasteiger partial charge in [-0.25, -0.2) is 0 Å². The van der Waals surface area contributed by atoms with Crippen molar-refractivity contribution in [3.63, 3.8) is 0 Å². The highest BCUT2D eigenvalue weighted by molar-refractivity contribution is 5.85. The van der Waals surface area contributed by atoms with Crippen LogP contribution in [0.2, 0.25) is 0 Å². The van der Waals surface area contributed by atoms with E-state index in [0.717, 1.165) is 45.7 Å². The number of aromatic nitrogens is 1. The van der Waals surface area contributed by atoms with E-state index in [0.29, 0.717) is 12.6 Å². The molecule has 2 aromatic carbocycles. The van der Waals surface area contributed by atoms with Crippen LogP contribution in [0.25, 0.3) is 10.8 Å². The van der Waals surface area contributed by atoms with Crippen molar-refractivity contribution in [3.05, 3.63) is 72.1 Å². The second-order valence-corrected chi connectivity index (χ2v) is 8.97. The van der Waals surface area contributed by atoms with Crippen molar-refractivity contribution in [2.45, 2.75) is 25.4 Å². The number of likely N-dealkylation sites (tertiary alicyclic amines) is 1. The van der Waals surface area contributed by atoms with Gasteiger partial charge in [-0.05, 0) is 47.9 Å². The zero-order chi connectivity index (χ0) is 21.2. The SMILES string of the molecule is Cn1cccc1[C@H]1CCCN1CC(=O)N1CCN(Cc2cccc3ccccc23)CC1. The van der Waals surface area contributed by atoms with Gasteiger partial charge in [-0.3, -0.25) is 14.6 Å². The van der Waals surface area contributed by atoms with Crippen LogP contribution in [-0.2, 0) is 18.4 Å². The molecule has 0 N–H and O–H groups in total. The molecule has 2 aliphatic rings. The largest absolute Gasteiger partial charge is 0.353 e. The van der Waals surface area contributed by atoms with Gasteiger partial charge in [-0.15, -0.1) is 0 Å². The molecule has 5 nitrogen and oxygen atoms in total. The third-order valence-corrected chi connectivity index (χ3v) is 7.03. The quantitative estimate of drug-likeness (QED) is 0.636. The summed E-state index contributed by atoms with van der Waals surface area (Å²) in [5.41, 5.74) is 2.70. The highest BCUT2D eigenvalue weighted by Gasteiger charge is 2.31. The fraction of sp³-hybridized carbons (Fsp3) is 0.423. The van der Waals surface area contributed by atoms with Crippen molar-refractivity contribution in [1.82, 2.24) is 19.3 Å². The number of benzene rings is 2. The Labute approximate surface area is 184 Å². The Balaban J connectivity index is 1.17. The van der Waals surface area contributed by atoms with E-state index in [1.54, 1.807) is 0 Å². The number of fused-ring (bicyclic) bond motifs is 1. The second kappa shape index (κ2) is 8.85. The molecule has 2 aliphatic heterocycles. The number of carbonyl (C=O) groups excluding carboxylic acids is 1. The van der Waals surface area contributed by atoms with Crippen LogP contribution in [0, 0.1) is 0 Å². The molecule has 1 aromatic heterocycles. The van der Waals surface area contributed by atoms with Crippen LogP contribution in [0.1, 0.15) is 30.1 Å². The molecule has 2 saturated heterocycles. The van der Waals surface area contributed by atoms with Crippen molar-refractivity contribution in [1.29, 1.82) is 0 Å². The first kappa shape index (κ1) is 20.3. The summed E-state index contributed by atoms with van der Waals surface area (Å²) in [7, 11) is 2.10. The van der Waals surface area contributed by atoms with Crippen molar-refractivity contribution < 1.29 is 4.79 Å². The van der Waals surface area contributed by atoms with Gasteiger partial charge in [0.1, 0.15) is 0 Å². The lowest BCUT2D eigenvalue weighted by Gasteiger charge is -2.36. The van der Waals surface area contributed by atoms with E-state index < -0.39 is 0 Å². The van der Waals surface area contributed by atoms with Crippen molar-refractivity contribution in [2.75, 3.05) is 39.3 Å². The summed E-state index contributed by atoms with van der Waals surface area (Å²) in [4.78, 5) is 20.0. The summed E-state index contributed by atoms with van der Waals surface area (Å²) in [6.07, 6.45) is 4.41. The first-order valence-electron chi connectivity index (χ1n) is 11.5. The van der Waals surface area contributed by atoms with E-state index >= 15 is 0 Å². The minimum absolute atomic E-state index is 0.283. The Morgan fingerprint density at radius 3 is 2.55 bits per heavy atom. The summed E-state index contributed by atoms with van der Waals surface area (Å²) >= 11 is 0. The Morgan fingerprint density at radius 2 is 1.74 bits per heavy atom. The molecular weight excluding hydrogens is 384 g/mol. The van der Waals surface area contributed by atoms with Gasteiger partial charge in [0.25, 0.3) is 0 Å². The van der Waals surface area contributed by atoms with Gasteiger partial charge >= 0.3 is 0 Å². The molecule has 3 aromatic rings. The van der Waals surface area contributed by atoms with Gasteiger partial charge in [0.2, 0.25) is 5.91 Å². The van der Waals surface area contributed by atoms with Crippen LogP contribution in [0.15, 0.2) is 60.8 Å². The summed E-state index contributed by atoms with van der Waals surface area (Å²) < 4.78 is 2.19. The highest BCUT2D eigenvalue weighted by Crippen LogP contribution is 2.31. The molecule has 3 heterocycles. The fourth-order valence-electron chi connectivity index (χ4n) is 5.27. The van der Waals surface area contributed by atoms with Crippen LogP contribution in [0.4, 0.5) is 0 Å². The van der Waals surface area contributed by atoms with Gasteiger partial charge in [-0.1, -0.05) is 42.5 Å². The third kappa shape index (κ3) is 4.25. The molecule has 0 radical (unpaired) electrons. The smallest absolute Gasteiger partial charge is 0.236 e. The lowest BCUT2D eigenvalue weighted by molar-refractivity contribution is -0.134. The number of hydrogen-bond acceptors (Lipinski definition) is 3. The number of amides is 1. The van der Waals surface area contributed by atoms with Crippen molar-refractivity contribution in [2.24, 2.45) is 7.05 Å². The standard InChI is InChI=1S/C26H32N4O/c1-27-13-5-11-24(27)25-12-6-14-30(25)20-26(31)29-17-15-28(16-18-29)19-22-9-4-8-21-7-2-3-10-23(21)22/h2-5,7-11,13,25H,6,12,14-20H2,1H3/t25-/m1/s1. The van der Waals surface area contributed by atoms with E-state index in [1.165, 1.54) is 28.5 Å². The topological polar surface area (TPSA) is 31.7 Å². The predicted molar refractivity (Wildman–Crippen MR) is 125 cm³/mol. The zero-order valence-electron chi connectivity index (χ0n) is 18.4. The van der Waals surface area contributed by atoms with Gasteiger partial charge in [0.05, 0.1) is 12.6 Å². The van der Waals surface area contributed by atoms with E-state index in [-0.39, 0.29) is 5.91 Å². The summed E-state index contributed by atoms with van der Waals surface area (Å²) in [5, 5.41) is 2.64. The van der Waals surface area contributed by atoms with Crippen LogP contribution in [0.5, 0.6) is 0 Å². The van der Waals surface area contributed by atoms with E-state index in [1.807, 2.05) is 0 Å². The summed E-state index contributed by atoms with van der Waals surface area (Å²) in [6.45, 7) is 6.04. The molecule has 1 amide bonds. The number of carbonyl (C=O) groups is 1. The zero-order valence-corrected chi connectivity index (χ0v) is 18.4. The molecule has 5 heteroatoms. The molecular formula is C26H32N4O. The average molecular weight is 417 g/mol. The van der Waals surface area contributed by atoms with Crippen LogP contribution in [-0.4, -0.2) is 64.4 Å². The second-order valence-electron chi connectivity index (χ2n) is 8.97. The molecule has 0 aliphatic carbocycles. The monoisotopic (exact) mass is 416 g/mol. The molecule has 0 unspecified atom stereocenters. The third-order valence-electron chi connectivity index (χ3n) is 7.03. The molecule has 0 bridgehead atoms. The number of aryl methyl sites for hydroxylation is 1. The minimum atomic E-state index is 0.283. The minimum Gasteiger partial charge on any atom is -0.353 e. The normalized spacial score (nSPS) is 20.5. The van der Waals surface area contributed by atoms with Gasteiger partial charge < -0.3 is 9.47 Å². The Hall–Kier alpha value is -2.63. The molecule has 5 rings (SSSR count). The van der Waals surface area contributed by atoms with Crippen LogP contribution < -0.4 is 0 Å². The van der Waals surface area contributed by atoms with Gasteiger partial charge in [0.15, 0.2) is 0 Å². The summed E-state index contributed by atoms with van der Waals surface area (Å²) in [6, 6.07) is 19.8. The Morgan fingerprint density at radius 1 is 0.935 bits per heavy atom. The molecule has 0 spiro atoms.